The van der Waals surface area contributed by atoms with Gasteiger partial charge in [0, 0.05) is 17.8 Å². The largest absolute Gasteiger partial charge is 0.494 e. The third kappa shape index (κ3) is 4.97. The van der Waals surface area contributed by atoms with Crippen molar-refractivity contribution in [3.05, 3.63) is 71.5 Å². The molecule has 0 saturated carbocycles. The lowest BCUT2D eigenvalue weighted by molar-refractivity contribution is -0.116. The Morgan fingerprint density at radius 3 is 2.37 bits per heavy atom. The summed E-state index contributed by atoms with van der Waals surface area (Å²) in [6, 6.07) is 17.7. The van der Waals surface area contributed by atoms with Crippen molar-refractivity contribution in [2.75, 3.05) is 11.9 Å². The van der Waals surface area contributed by atoms with E-state index < -0.39 is 0 Å². The van der Waals surface area contributed by atoms with Crippen LogP contribution in [0, 0.1) is 13.8 Å². The number of rotatable bonds is 7. The quantitative estimate of drug-likeness (QED) is 0.674. The molecule has 1 N–H and O–H groups in total. The minimum atomic E-state index is 0.00165. The van der Waals surface area contributed by atoms with E-state index in [1.54, 1.807) is 0 Å². The number of carbonyl (C=O) groups excluding carboxylic acids is 1. The number of aryl methyl sites for hydroxylation is 3. The first-order valence-corrected chi connectivity index (χ1v) is 9.20. The Labute approximate surface area is 160 Å². The lowest BCUT2D eigenvalue weighted by atomic mass is 10.1. The smallest absolute Gasteiger partial charge is 0.224 e. The zero-order chi connectivity index (χ0) is 19.2. The van der Waals surface area contributed by atoms with E-state index in [0.717, 1.165) is 34.1 Å². The van der Waals surface area contributed by atoms with Crippen LogP contribution in [0.25, 0.3) is 5.69 Å². The number of aromatic nitrogens is 2. The summed E-state index contributed by atoms with van der Waals surface area (Å²) in [4.78, 5) is 12.2. The molecule has 5 nitrogen and oxygen atoms in total. The van der Waals surface area contributed by atoms with Gasteiger partial charge in [0.1, 0.15) is 5.75 Å². The van der Waals surface area contributed by atoms with Crippen LogP contribution in [0.15, 0.2) is 54.6 Å². The van der Waals surface area contributed by atoms with Gasteiger partial charge in [-0.2, -0.15) is 5.10 Å². The van der Waals surface area contributed by atoms with Crippen LogP contribution in [0.5, 0.6) is 5.75 Å². The van der Waals surface area contributed by atoms with Crippen molar-refractivity contribution in [3.63, 3.8) is 0 Å². The molecule has 1 heterocycles. The van der Waals surface area contributed by atoms with Crippen molar-refractivity contribution in [2.45, 2.75) is 33.6 Å². The summed E-state index contributed by atoms with van der Waals surface area (Å²) < 4.78 is 7.33. The van der Waals surface area contributed by atoms with E-state index in [9.17, 15) is 4.79 Å². The number of amides is 1. The molecule has 5 heteroatoms. The molecule has 1 amide bonds. The highest BCUT2D eigenvalue weighted by Crippen LogP contribution is 2.17. The number of ether oxygens (including phenoxy) is 1. The molecule has 140 valence electrons. The topological polar surface area (TPSA) is 56.1 Å². The molecule has 0 atom stereocenters. The summed E-state index contributed by atoms with van der Waals surface area (Å²) in [7, 11) is 0. The Morgan fingerprint density at radius 1 is 1.07 bits per heavy atom. The van der Waals surface area contributed by atoms with Gasteiger partial charge in [-0.25, -0.2) is 4.68 Å². The van der Waals surface area contributed by atoms with Gasteiger partial charge in [-0.15, -0.1) is 0 Å². The Morgan fingerprint density at radius 2 is 1.78 bits per heavy atom. The fraction of sp³-hybridized carbons (Fsp3) is 0.273. The average molecular weight is 363 g/mol. The molecule has 0 aliphatic carbocycles. The predicted molar refractivity (Wildman–Crippen MR) is 108 cm³/mol. The van der Waals surface area contributed by atoms with Gasteiger partial charge in [-0.1, -0.05) is 12.1 Å². The highest BCUT2D eigenvalue weighted by atomic mass is 16.5. The molecular formula is C22H25N3O2. The normalized spacial score (nSPS) is 10.6. The molecule has 0 radical (unpaired) electrons. The van der Waals surface area contributed by atoms with Crippen LogP contribution in [0.3, 0.4) is 0 Å². The molecule has 3 aromatic rings. The number of hydrogen-bond acceptors (Lipinski definition) is 3. The number of benzene rings is 2. The van der Waals surface area contributed by atoms with Crippen molar-refractivity contribution >= 4 is 11.6 Å². The second-order valence-corrected chi connectivity index (χ2v) is 6.51. The van der Waals surface area contributed by atoms with Gasteiger partial charge in [0.25, 0.3) is 0 Å². The number of nitrogens with one attached hydrogen (secondary N) is 1. The van der Waals surface area contributed by atoms with Crippen LogP contribution in [0.4, 0.5) is 5.69 Å². The molecule has 0 aliphatic rings. The number of carbonyl (C=O) groups is 1. The van der Waals surface area contributed by atoms with Crippen LogP contribution < -0.4 is 10.1 Å². The Kier molecular flexibility index (Phi) is 5.91. The Balaban J connectivity index is 1.53. The highest BCUT2D eigenvalue weighted by molar-refractivity contribution is 5.90. The summed E-state index contributed by atoms with van der Waals surface area (Å²) in [5.41, 5.74) is 5.05. The van der Waals surface area contributed by atoms with Crippen molar-refractivity contribution in [1.29, 1.82) is 0 Å². The zero-order valence-electron chi connectivity index (χ0n) is 16.0. The summed E-state index contributed by atoms with van der Waals surface area (Å²) >= 11 is 0. The van der Waals surface area contributed by atoms with E-state index in [4.69, 9.17) is 4.74 Å². The average Bonchev–Trinajstić information content (AvgIpc) is 3.00. The molecule has 0 aliphatic heterocycles. The first-order valence-electron chi connectivity index (χ1n) is 9.20. The van der Waals surface area contributed by atoms with Gasteiger partial charge in [0.15, 0.2) is 0 Å². The van der Waals surface area contributed by atoms with Gasteiger partial charge in [0.2, 0.25) is 5.91 Å². The van der Waals surface area contributed by atoms with E-state index >= 15 is 0 Å². The maximum Gasteiger partial charge on any atom is 0.224 e. The standard InChI is InChI=1S/C22H25N3O2/c1-4-27-21-12-8-19(9-13-21)23-22(26)14-7-18-5-10-20(11-6-18)25-17(3)15-16(2)24-25/h5-6,8-13,15H,4,7,14H2,1-3H3,(H,23,26). The third-order valence-corrected chi connectivity index (χ3v) is 4.28. The second kappa shape index (κ2) is 8.54. The summed E-state index contributed by atoms with van der Waals surface area (Å²) in [6.45, 7) is 6.60. The Hall–Kier alpha value is -3.08. The summed E-state index contributed by atoms with van der Waals surface area (Å²) in [5, 5.41) is 7.41. The number of nitrogens with zero attached hydrogens (tertiary/aromatic N) is 2. The maximum atomic E-state index is 12.2. The highest BCUT2D eigenvalue weighted by Gasteiger charge is 2.06. The van der Waals surface area contributed by atoms with Crippen molar-refractivity contribution < 1.29 is 9.53 Å². The van der Waals surface area contributed by atoms with Crippen LogP contribution in [0.2, 0.25) is 0 Å². The molecule has 2 aromatic carbocycles. The molecule has 0 spiro atoms. The van der Waals surface area contributed by atoms with Gasteiger partial charge in [-0.3, -0.25) is 4.79 Å². The molecule has 27 heavy (non-hydrogen) atoms. The van der Waals surface area contributed by atoms with Crippen LogP contribution >= 0.6 is 0 Å². The van der Waals surface area contributed by atoms with E-state index in [-0.39, 0.29) is 5.91 Å². The SMILES string of the molecule is CCOc1ccc(NC(=O)CCc2ccc(-n3nc(C)cc3C)cc2)cc1. The van der Waals surface area contributed by atoms with E-state index in [1.807, 2.05) is 61.9 Å². The maximum absolute atomic E-state index is 12.2. The van der Waals surface area contributed by atoms with Gasteiger partial charge in [0.05, 0.1) is 18.0 Å². The lowest BCUT2D eigenvalue weighted by Gasteiger charge is -2.08. The van der Waals surface area contributed by atoms with E-state index in [2.05, 4.69) is 28.6 Å². The van der Waals surface area contributed by atoms with E-state index in [1.165, 1.54) is 0 Å². The van der Waals surface area contributed by atoms with Crippen molar-refractivity contribution in [1.82, 2.24) is 9.78 Å². The number of anilines is 1. The van der Waals surface area contributed by atoms with Crippen molar-refractivity contribution in [3.8, 4) is 11.4 Å². The molecule has 3 rings (SSSR count). The zero-order valence-corrected chi connectivity index (χ0v) is 16.0. The van der Waals surface area contributed by atoms with Crippen LogP contribution in [-0.2, 0) is 11.2 Å². The van der Waals surface area contributed by atoms with Crippen molar-refractivity contribution in [2.24, 2.45) is 0 Å². The first-order chi connectivity index (χ1) is 13.0. The second-order valence-electron chi connectivity index (χ2n) is 6.51. The lowest BCUT2D eigenvalue weighted by Crippen LogP contribution is -2.12. The first kappa shape index (κ1) is 18.7. The predicted octanol–water partition coefficient (Wildman–Crippen LogP) is 4.46. The molecular weight excluding hydrogens is 338 g/mol. The molecule has 0 saturated heterocycles. The Bertz CT molecular complexity index is 896. The minimum Gasteiger partial charge on any atom is -0.494 e. The fourth-order valence-electron chi connectivity index (χ4n) is 2.98. The summed E-state index contributed by atoms with van der Waals surface area (Å²) in [6.07, 6.45) is 1.13. The monoisotopic (exact) mass is 363 g/mol. The van der Waals surface area contributed by atoms with Gasteiger partial charge >= 0.3 is 0 Å². The van der Waals surface area contributed by atoms with Gasteiger partial charge in [-0.05, 0) is 75.2 Å². The fourth-order valence-corrected chi connectivity index (χ4v) is 2.98. The number of hydrogen-bond donors (Lipinski definition) is 1. The molecule has 0 fully saturated rings. The minimum absolute atomic E-state index is 0.00165. The third-order valence-electron chi connectivity index (χ3n) is 4.28. The summed E-state index contributed by atoms with van der Waals surface area (Å²) in [5.74, 6) is 0.806. The van der Waals surface area contributed by atoms with Crippen LogP contribution in [-0.4, -0.2) is 22.3 Å². The van der Waals surface area contributed by atoms with Crippen LogP contribution in [0.1, 0.15) is 30.3 Å². The molecule has 1 aromatic heterocycles. The van der Waals surface area contributed by atoms with Gasteiger partial charge < -0.3 is 10.1 Å². The molecule has 0 bridgehead atoms. The van der Waals surface area contributed by atoms with E-state index in [0.29, 0.717) is 19.4 Å². The molecule has 0 unspecified atom stereocenters.